The first-order chi connectivity index (χ1) is 10.2. The fraction of sp³-hybridized carbons (Fsp3) is 0.375. The van der Waals surface area contributed by atoms with Crippen molar-refractivity contribution in [3.8, 4) is 11.6 Å². The van der Waals surface area contributed by atoms with Gasteiger partial charge in [0.25, 0.3) is 0 Å². The number of aryl methyl sites for hydroxylation is 1. The molecule has 1 aromatic carbocycles. The molecule has 0 fully saturated rings. The Morgan fingerprint density at radius 1 is 1.24 bits per heavy atom. The molecule has 0 spiro atoms. The third kappa shape index (κ3) is 3.85. The predicted molar refractivity (Wildman–Crippen MR) is 86.5 cm³/mol. The summed E-state index contributed by atoms with van der Waals surface area (Å²) in [5, 5.41) is 3.88. The molecule has 0 aliphatic carbocycles. The van der Waals surface area contributed by atoms with E-state index in [0.717, 1.165) is 36.3 Å². The highest BCUT2D eigenvalue weighted by Crippen LogP contribution is 2.32. The third-order valence-corrected chi connectivity index (χ3v) is 3.41. The summed E-state index contributed by atoms with van der Waals surface area (Å²) in [6.07, 6.45) is 3.33. The summed E-state index contributed by atoms with van der Waals surface area (Å²) in [5.41, 5.74) is 2.05. The lowest BCUT2D eigenvalue weighted by Gasteiger charge is -2.14. The van der Waals surface area contributed by atoms with Crippen LogP contribution in [0, 0.1) is 6.92 Å². The Bertz CT molecular complexity index is 616. The van der Waals surface area contributed by atoms with Crippen molar-refractivity contribution in [1.82, 2.24) is 9.97 Å². The number of halogens is 1. The van der Waals surface area contributed by atoms with Gasteiger partial charge in [0.1, 0.15) is 17.9 Å². The van der Waals surface area contributed by atoms with Crippen molar-refractivity contribution in [3.05, 3.63) is 40.7 Å². The zero-order chi connectivity index (χ0) is 15.2. The number of aromatic nitrogens is 2. The molecule has 112 valence electrons. The predicted octanol–water partition coefficient (Wildman–Crippen LogP) is 4.62. The van der Waals surface area contributed by atoms with E-state index in [0.29, 0.717) is 16.7 Å². The molecule has 21 heavy (non-hydrogen) atoms. The van der Waals surface area contributed by atoms with Crippen molar-refractivity contribution in [1.29, 1.82) is 0 Å². The van der Waals surface area contributed by atoms with Gasteiger partial charge in [-0.3, -0.25) is 0 Å². The number of anilines is 1. The lowest BCUT2D eigenvalue weighted by atomic mass is 10.2. The third-order valence-electron chi connectivity index (χ3n) is 3.10. The second kappa shape index (κ2) is 7.27. The molecule has 1 N–H and O–H groups in total. The van der Waals surface area contributed by atoms with E-state index in [2.05, 4.69) is 29.1 Å². The van der Waals surface area contributed by atoms with Crippen LogP contribution in [0.5, 0.6) is 11.6 Å². The van der Waals surface area contributed by atoms with Crippen LogP contribution in [0.4, 0.5) is 5.82 Å². The Morgan fingerprint density at radius 2 is 2.05 bits per heavy atom. The Hall–Kier alpha value is -1.81. The number of hydrogen-bond donors (Lipinski definition) is 1. The average molecular weight is 306 g/mol. The molecule has 0 bridgehead atoms. The maximum atomic E-state index is 6.18. The lowest BCUT2D eigenvalue weighted by molar-refractivity contribution is 0.455. The van der Waals surface area contributed by atoms with Crippen LogP contribution in [0.1, 0.15) is 31.4 Å². The Kier molecular flexibility index (Phi) is 5.39. The van der Waals surface area contributed by atoms with Gasteiger partial charge in [0.05, 0.1) is 10.6 Å². The van der Waals surface area contributed by atoms with Gasteiger partial charge in [0.2, 0.25) is 5.88 Å². The van der Waals surface area contributed by atoms with Crippen molar-refractivity contribution in [2.45, 2.75) is 33.6 Å². The first-order valence-electron chi connectivity index (χ1n) is 7.17. The number of nitrogens with zero attached hydrogens (tertiary/aromatic N) is 2. The van der Waals surface area contributed by atoms with Crippen molar-refractivity contribution in [2.24, 2.45) is 0 Å². The molecule has 0 aliphatic heterocycles. The number of benzene rings is 1. The van der Waals surface area contributed by atoms with Gasteiger partial charge in [-0.1, -0.05) is 31.5 Å². The van der Waals surface area contributed by atoms with Crippen molar-refractivity contribution < 1.29 is 4.74 Å². The van der Waals surface area contributed by atoms with E-state index >= 15 is 0 Å². The van der Waals surface area contributed by atoms with E-state index in [9.17, 15) is 0 Å². The molecule has 1 aromatic heterocycles. The maximum Gasteiger partial charge on any atom is 0.227 e. The second-order valence-corrected chi connectivity index (χ2v) is 5.23. The monoisotopic (exact) mass is 305 g/mol. The number of ether oxygens (including phenoxy) is 1. The van der Waals surface area contributed by atoms with E-state index in [1.54, 1.807) is 0 Å². The number of rotatable bonds is 6. The zero-order valence-corrected chi connectivity index (χ0v) is 13.4. The van der Waals surface area contributed by atoms with Gasteiger partial charge in [0, 0.05) is 6.54 Å². The Balaban J connectivity index is 2.33. The van der Waals surface area contributed by atoms with Crippen LogP contribution in [0.15, 0.2) is 24.5 Å². The van der Waals surface area contributed by atoms with Crippen molar-refractivity contribution in [2.75, 3.05) is 11.9 Å². The molecule has 0 amide bonds. The minimum Gasteiger partial charge on any atom is -0.437 e. The van der Waals surface area contributed by atoms with E-state index in [-0.39, 0.29) is 0 Å². The molecule has 0 saturated heterocycles. The molecule has 5 heteroatoms. The summed E-state index contributed by atoms with van der Waals surface area (Å²) in [7, 11) is 0. The molecular weight excluding hydrogens is 286 g/mol. The zero-order valence-electron chi connectivity index (χ0n) is 12.6. The molecule has 0 aliphatic rings. The van der Waals surface area contributed by atoms with Gasteiger partial charge in [-0.05, 0) is 37.5 Å². The molecule has 1 heterocycles. The smallest absolute Gasteiger partial charge is 0.227 e. The van der Waals surface area contributed by atoms with E-state index < -0.39 is 0 Å². The van der Waals surface area contributed by atoms with Gasteiger partial charge in [-0.25, -0.2) is 9.97 Å². The van der Waals surface area contributed by atoms with E-state index in [4.69, 9.17) is 16.3 Å². The second-order valence-electron chi connectivity index (χ2n) is 4.82. The Labute approximate surface area is 130 Å². The van der Waals surface area contributed by atoms with Crippen LogP contribution >= 0.6 is 11.6 Å². The van der Waals surface area contributed by atoms with Crippen LogP contribution < -0.4 is 10.1 Å². The van der Waals surface area contributed by atoms with Gasteiger partial charge in [-0.15, -0.1) is 0 Å². The topological polar surface area (TPSA) is 47.0 Å². The van der Waals surface area contributed by atoms with Gasteiger partial charge in [-0.2, -0.15) is 0 Å². The summed E-state index contributed by atoms with van der Waals surface area (Å²) in [4.78, 5) is 8.55. The molecular formula is C16H20ClN3O. The van der Waals surface area contributed by atoms with Gasteiger partial charge in [0.15, 0.2) is 0 Å². The van der Waals surface area contributed by atoms with Crippen molar-refractivity contribution in [3.63, 3.8) is 0 Å². The minimum atomic E-state index is 0.554. The summed E-state index contributed by atoms with van der Waals surface area (Å²) in [5.74, 6) is 2.00. The number of hydrogen-bond acceptors (Lipinski definition) is 4. The Morgan fingerprint density at radius 3 is 2.76 bits per heavy atom. The first kappa shape index (κ1) is 15.6. The van der Waals surface area contributed by atoms with Gasteiger partial charge < -0.3 is 10.1 Å². The minimum absolute atomic E-state index is 0.554. The molecule has 0 unspecified atom stereocenters. The van der Waals surface area contributed by atoms with Crippen LogP contribution in [-0.2, 0) is 6.42 Å². The molecule has 0 saturated carbocycles. The normalized spacial score (nSPS) is 10.5. The molecule has 2 aromatic rings. The molecule has 4 nitrogen and oxygen atoms in total. The molecule has 0 atom stereocenters. The van der Waals surface area contributed by atoms with Crippen LogP contribution in [0.25, 0.3) is 0 Å². The fourth-order valence-electron chi connectivity index (χ4n) is 1.99. The maximum absolute atomic E-state index is 6.18. The van der Waals surface area contributed by atoms with E-state index in [1.165, 1.54) is 6.33 Å². The SMILES string of the molecule is CCCNc1ncnc(Oc2cc(C)ccc2Cl)c1CC. The van der Waals surface area contributed by atoms with Crippen LogP contribution in [0.3, 0.4) is 0 Å². The first-order valence-corrected chi connectivity index (χ1v) is 7.55. The quantitative estimate of drug-likeness (QED) is 0.846. The highest BCUT2D eigenvalue weighted by molar-refractivity contribution is 6.32. The van der Waals surface area contributed by atoms with Crippen LogP contribution in [-0.4, -0.2) is 16.5 Å². The standard InChI is InChI=1S/C16H20ClN3O/c1-4-8-18-15-12(5-2)16(20-10-19-15)21-14-9-11(3)6-7-13(14)17/h6-7,9-10H,4-5,8H2,1-3H3,(H,18,19,20). The largest absolute Gasteiger partial charge is 0.437 e. The molecule has 2 rings (SSSR count). The van der Waals surface area contributed by atoms with Gasteiger partial charge >= 0.3 is 0 Å². The summed E-state index contributed by atoms with van der Waals surface area (Å²) >= 11 is 6.18. The molecule has 0 radical (unpaired) electrons. The lowest BCUT2D eigenvalue weighted by Crippen LogP contribution is -2.07. The summed E-state index contributed by atoms with van der Waals surface area (Å²) in [6, 6.07) is 5.68. The summed E-state index contributed by atoms with van der Waals surface area (Å²) < 4.78 is 5.91. The van der Waals surface area contributed by atoms with Crippen LogP contribution in [0.2, 0.25) is 5.02 Å². The highest BCUT2D eigenvalue weighted by Gasteiger charge is 2.13. The average Bonchev–Trinajstić information content (AvgIpc) is 2.49. The van der Waals surface area contributed by atoms with Crippen molar-refractivity contribution >= 4 is 17.4 Å². The summed E-state index contributed by atoms with van der Waals surface area (Å²) in [6.45, 7) is 7.04. The van der Waals surface area contributed by atoms with E-state index in [1.807, 2.05) is 25.1 Å². The highest BCUT2D eigenvalue weighted by atomic mass is 35.5. The fourth-order valence-corrected chi connectivity index (χ4v) is 2.15. The number of nitrogens with one attached hydrogen (secondary N) is 1.